The van der Waals surface area contributed by atoms with Crippen molar-refractivity contribution in [1.29, 1.82) is 0 Å². The largest absolute Gasteiger partial charge is 0.481 e. The molecule has 240 valence electrons. The molecule has 0 aromatic carbocycles. The number of allylic oxidation sites excluding steroid dienone is 7. The van der Waals surface area contributed by atoms with E-state index in [2.05, 4.69) is 0 Å². The molecular weight excluding hydrogens is 614 g/mol. The maximum Gasteiger partial charge on any atom is 0.435 e. The van der Waals surface area contributed by atoms with Crippen molar-refractivity contribution in [1.82, 2.24) is 4.90 Å². The van der Waals surface area contributed by atoms with Crippen molar-refractivity contribution in [2.75, 3.05) is 13.1 Å². The van der Waals surface area contributed by atoms with Crippen LogP contribution in [0.3, 0.4) is 0 Å². The highest BCUT2D eigenvalue weighted by Gasteiger charge is 2.74. The number of alkyl halides is 7. The summed E-state index contributed by atoms with van der Waals surface area (Å²) in [7, 11) is -4.45. The zero-order valence-electron chi connectivity index (χ0n) is 23.1. The monoisotopic (exact) mass is 645 g/mol. The van der Waals surface area contributed by atoms with Crippen LogP contribution in [0.25, 0.3) is 0 Å². The highest BCUT2D eigenvalue weighted by atomic mass is 32.2. The van der Waals surface area contributed by atoms with E-state index in [1.54, 1.807) is 0 Å². The minimum atomic E-state index is -6.32. The molecule has 1 saturated carbocycles. The highest BCUT2D eigenvalue weighted by Crippen LogP contribution is 2.54. The van der Waals surface area contributed by atoms with Crippen LogP contribution < -0.4 is 0 Å². The minimum absolute atomic E-state index is 0.0541. The van der Waals surface area contributed by atoms with Crippen LogP contribution in [0.5, 0.6) is 0 Å². The van der Waals surface area contributed by atoms with Gasteiger partial charge in [-0.05, 0) is 81.1 Å². The summed E-state index contributed by atoms with van der Waals surface area (Å²) in [5.41, 5.74) is -7.26. The van der Waals surface area contributed by atoms with Crippen molar-refractivity contribution in [2.45, 2.75) is 87.5 Å². The van der Waals surface area contributed by atoms with Crippen LogP contribution in [0.15, 0.2) is 45.7 Å². The molecule has 2 fully saturated rings. The summed E-state index contributed by atoms with van der Waals surface area (Å²) in [4.78, 5) is 25.8. The lowest BCUT2D eigenvalue weighted by Crippen LogP contribution is -2.55. The third-order valence-electron chi connectivity index (χ3n) is 9.18. The van der Waals surface area contributed by atoms with Crippen LogP contribution >= 0.6 is 0 Å². The predicted octanol–water partition coefficient (Wildman–Crippen LogP) is 6.66. The van der Waals surface area contributed by atoms with Gasteiger partial charge in [-0.3, -0.25) is 9.59 Å². The van der Waals surface area contributed by atoms with Crippen molar-refractivity contribution in [2.24, 2.45) is 11.8 Å². The maximum atomic E-state index is 14.7. The normalized spacial score (nSPS) is 27.9. The van der Waals surface area contributed by atoms with Gasteiger partial charge in [-0.2, -0.15) is 26.3 Å². The number of nitrogens with zero attached hydrogens (tertiary/aromatic N) is 1. The molecule has 1 unspecified atom stereocenters. The van der Waals surface area contributed by atoms with Crippen molar-refractivity contribution >= 4 is 21.7 Å². The zero-order chi connectivity index (χ0) is 32.2. The molecule has 1 heterocycles. The molecule has 1 aliphatic heterocycles. The fraction of sp³-hybridized carbons (Fsp3) is 0.643. The van der Waals surface area contributed by atoms with E-state index >= 15 is 0 Å². The van der Waals surface area contributed by atoms with Gasteiger partial charge in [-0.15, -0.1) is 0 Å². The van der Waals surface area contributed by atoms with Crippen molar-refractivity contribution < 1.29 is 58.2 Å². The second kappa shape index (κ2) is 11.3. The SMILES string of the molecule is CC1=C(F)CCC(S(=O)(=O)C2(C3=CC=C(C(F)(C(F)(F)F)C(F)(F)F)CC3)CCN(C(=O)C3CCC(C(=O)O)CC3)C2)=C1. The first kappa shape index (κ1) is 33.2. The molecule has 4 aliphatic rings. The molecule has 0 aromatic heterocycles. The van der Waals surface area contributed by atoms with Gasteiger partial charge in [0, 0.05) is 30.3 Å². The first-order valence-electron chi connectivity index (χ1n) is 13.8. The summed E-state index contributed by atoms with van der Waals surface area (Å²) in [6.07, 6.45) is -11.8. The van der Waals surface area contributed by atoms with E-state index in [0.29, 0.717) is 6.08 Å². The van der Waals surface area contributed by atoms with Gasteiger partial charge in [-0.1, -0.05) is 12.2 Å². The first-order chi connectivity index (χ1) is 19.8. The van der Waals surface area contributed by atoms with E-state index in [-0.39, 0.29) is 67.5 Å². The summed E-state index contributed by atoms with van der Waals surface area (Å²) >= 11 is 0. The lowest BCUT2D eigenvalue weighted by atomic mass is 9.81. The van der Waals surface area contributed by atoms with Crippen LogP contribution in [0.4, 0.5) is 35.1 Å². The Morgan fingerprint density at radius 3 is 1.98 bits per heavy atom. The van der Waals surface area contributed by atoms with Crippen LogP contribution in [0.2, 0.25) is 0 Å². The van der Waals surface area contributed by atoms with Crippen molar-refractivity contribution in [3.05, 3.63) is 45.7 Å². The Morgan fingerprint density at radius 1 is 0.907 bits per heavy atom. The number of rotatable bonds is 6. The molecule has 3 aliphatic carbocycles. The predicted molar refractivity (Wildman–Crippen MR) is 138 cm³/mol. The number of hydrogen-bond acceptors (Lipinski definition) is 4. The van der Waals surface area contributed by atoms with Crippen molar-refractivity contribution in [3.8, 4) is 0 Å². The number of carbonyl (C=O) groups excluding carboxylic acids is 1. The third-order valence-corrected chi connectivity index (χ3v) is 11.8. The smallest absolute Gasteiger partial charge is 0.435 e. The molecule has 1 atom stereocenters. The lowest BCUT2D eigenvalue weighted by Gasteiger charge is -2.38. The second-order valence-electron chi connectivity index (χ2n) is 11.6. The lowest BCUT2D eigenvalue weighted by molar-refractivity contribution is -0.327. The minimum Gasteiger partial charge on any atom is -0.481 e. The Labute approximate surface area is 243 Å². The van der Waals surface area contributed by atoms with Gasteiger partial charge in [0.15, 0.2) is 9.84 Å². The van der Waals surface area contributed by atoms with Crippen molar-refractivity contribution in [3.63, 3.8) is 0 Å². The van der Waals surface area contributed by atoms with Gasteiger partial charge in [0.25, 0.3) is 0 Å². The highest BCUT2D eigenvalue weighted by molar-refractivity contribution is 7.96. The Balaban J connectivity index is 1.74. The van der Waals surface area contributed by atoms with E-state index in [0.717, 1.165) is 12.2 Å². The topological polar surface area (TPSA) is 91.8 Å². The number of aliphatic carboxylic acids is 1. The molecule has 1 saturated heterocycles. The number of likely N-dealkylation sites (tertiary alicyclic amines) is 1. The van der Waals surface area contributed by atoms with E-state index in [4.69, 9.17) is 0 Å². The summed E-state index contributed by atoms with van der Waals surface area (Å²) < 4.78 is 136. The molecule has 1 amide bonds. The van der Waals surface area contributed by atoms with E-state index in [9.17, 15) is 58.2 Å². The molecule has 0 aromatic rings. The van der Waals surface area contributed by atoms with E-state index < -0.39 is 87.1 Å². The third kappa shape index (κ3) is 5.66. The maximum absolute atomic E-state index is 14.7. The molecule has 0 bridgehead atoms. The van der Waals surface area contributed by atoms with E-state index in [1.165, 1.54) is 11.8 Å². The van der Waals surface area contributed by atoms with E-state index in [1.807, 2.05) is 0 Å². The van der Waals surface area contributed by atoms with Crippen LogP contribution in [-0.2, 0) is 19.4 Å². The molecule has 15 heteroatoms. The van der Waals surface area contributed by atoms with Gasteiger partial charge in [0.2, 0.25) is 5.91 Å². The standard InChI is InChI=1S/C28H31F8NO5S/c1-16-14-21(10-11-22(16)29)43(41,42)25(12-13-37(15-25)23(38)17-2-4-18(5-3-17)24(39)40)19-6-8-20(9-7-19)26(30,27(31,32)33)28(34,35)36/h6,8,14,17-18H,2-5,7,9-13,15H2,1H3,(H,39,40). The quantitative estimate of drug-likeness (QED) is 0.326. The number of carboxylic acid groups (broad SMARTS) is 1. The summed E-state index contributed by atoms with van der Waals surface area (Å²) in [6, 6.07) is 0. The van der Waals surface area contributed by atoms with Gasteiger partial charge >= 0.3 is 24.0 Å². The molecule has 0 radical (unpaired) electrons. The zero-order valence-corrected chi connectivity index (χ0v) is 23.9. The number of carbonyl (C=O) groups is 2. The number of sulfone groups is 1. The van der Waals surface area contributed by atoms with Crippen LogP contribution in [-0.4, -0.2) is 66.2 Å². The molecule has 1 N–H and O–H groups in total. The number of amides is 1. The molecular formula is C28H31F8NO5S. The van der Waals surface area contributed by atoms with Gasteiger partial charge < -0.3 is 10.0 Å². The number of carboxylic acids is 1. The fourth-order valence-corrected chi connectivity index (χ4v) is 8.99. The Kier molecular flexibility index (Phi) is 8.75. The fourth-order valence-electron chi connectivity index (χ4n) is 6.58. The number of halogens is 8. The van der Waals surface area contributed by atoms with Gasteiger partial charge in [0.05, 0.1) is 5.92 Å². The molecule has 4 rings (SSSR count). The Morgan fingerprint density at radius 2 is 1.49 bits per heavy atom. The Hall–Kier alpha value is -2.71. The average Bonchev–Trinajstić information content (AvgIpc) is 3.40. The molecule has 0 spiro atoms. The first-order valence-corrected chi connectivity index (χ1v) is 15.3. The molecule has 6 nitrogen and oxygen atoms in total. The molecule has 43 heavy (non-hydrogen) atoms. The van der Waals surface area contributed by atoms with Gasteiger partial charge in [0.1, 0.15) is 10.6 Å². The second-order valence-corrected chi connectivity index (χ2v) is 13.9. The number of hydrogen-bond donors (Lipinski definition) is 1. The summed E-state index contributed by atoms with van der Waals surface area (Å²) in [5, 5.41) is 9.24. The van der Waals surface area contributed by atoms with Crippen LogP contribution in [0.1, 0.15) is 64.7 Å². The Bertz CT molecular complexity index is 1390. The summed E-state index contributed by atoms with van der Waals surface area (Å²) in [6.45, 7) is 0.808. The van der Waals surface area contributed by atoms with Crippen LogP contribution in [0, 0.1) is 11.8 Å². The summed E-state index contributed by atoms with van der Waals surface area (Å²) in [5.74, 6) is -3.13. The average molecular weight is 646 g/mol. The van der Waals surface area contributed by atoms with Gasteiger partial charge in [-0.25, -0.2) is 17.2 Å².